The summed E-state index contributed by atoms with van der Waals surface area (Å²) < 4.78 is 232. The Labute approximate surface area is 208 Å². The maximum atomic E-state index is 13.7. The fourth-order valence-electron chi connectivity index (χ4n) is 2.61. The van der Waals surface area contributed by atoms with E-state index in [0.29, 0.717) is 0 Å². The number of alkyl halides is 18. The van der Waals surface area contributed by atoms with Gasteiger partial charge in [0.25, 0.3) is 0 Å². The summed E-state index contributed by atoms with van der Waals surface area (Å²) in [7, 11) is 0. The summed E-state index contributed by atoms with van der Waals surface area (Å²) in [4.78, 5) is 12.2. The van der Waals surface area contributed by atoms with Gasteiger partial charge in [0, 0.05) is 25.9 Å². The van der Waals surface area contributed by atoms with Crippen LogP contribution in [0.1, 0.15) is 12.8 Å². The highest BCUT2D eigenvalue weighted by Gasteiger charge is 2.82. The topological polar surface area (TPSA) is 26.9 Å². The van der Waals surface area contributed by atoms with Crippen LogP contribution in [0.2, 0.25) is 0 Å². The van der Waals surface area contributed by atoms with Crippen molar-refractivity contribution in [2.24, 2.45) is 0 Å². The van der Waals surface area contributed by atoms with E-state index in [4.69, 9.17) is 0 Å². The first-order valence-electron chi connectivity index (χ1n) is 9.04. The molecule has 0 saturated carbocycles. The van der Waals surface area contributed by atoms with Gasteiger partial charge in [-0.05, 0) is 0 Å². The second kappa shape index (κ2) is 9.82. The summed E-state index contributed by atoms with van der Waals surface area (Å²) in [5, 5.41) is -2.15. The molecule has 0 aromatic carbocycles. The van der Waals surface area contributed by atoms with Gasteiger partial charge in [-0.25, -0.2) is 4.79 Å². The molecular weight excluding hydrogens is 630 g/mol. The van der Waals surface area contributed by atoms with E-state index in [2.05, 4.69) is 25.3 Å². The van der Waals surface area contributed by atoms with E-state index in [9.17, 15) is 83.8 Å². The molecule has 23 heteroatoms. The zero-order chi connectivity index (χ0) is 30.7. The molecule has 0 atom stereocenters. The van der Waals surface area contributed by atoms with Crippen molar-refractivity contribution in [2.75, 3.05) is 0 Å². The molecule has 3 nitrogen and oxygen atoms in total. The molecule has 0 bridgehead atoms. The van der Waals surface area contributed by atoms with Crippen LogP contribution in [0, 0.1) is 0 Å². The molecule has 0 aliphatic heterocycles. The molecule has 0 N–H and O–H groups in total. The molecule has 1 aromatic rings. The van der Waals surface area contributed by atoms with E-state index in [1.54, 1.807) is 0 Å². The van der Waals surface area contributed by atoms with E-state index < -0.39 is 89.6 Å². The van der Waals surface area contributed by atoms with Gasteiger partial charge in [-0.3, -0.25) is 9.13 Å². The third-order valence-electron chi connectivity index (χ3n) is 4.89. The fourth-order valence-corrected chi connectivity index (χ4v) is 3.22. The minimum Gasteiger partial charge on any atom is -0.286 e. The highest BCUT2D eigenvalue weighted by Crippen LogP contribution is 2.55. The first kappa shape index (κ1) is 34.5. The molecule has 1 rings (SSSR count). The number of hydrogen-bond acceptors (Lipinski definition) is 3. The zero-order valence-corrected chi connectivity index (χ0v) is 19.1. The van der Waals surface area contributed by atoms with Gasteiger partial charge in [-0.15, -0.1) is 25.3 Å². The smallest absolute Gasteiger partial charge is 0.286 e. The molecule has 224 valence electrons. The molecule has 1 heterocycles. The molecule has 0 spiro atoms. The lowest BCUT2D eigenvalue weighted by Gasteiger charge is -2.33. The summed E-state index contributed by atoms with van der Waals surface area (Å²) in [6.45, 7) is -3.79. The Morgan fingerprint density at radius 3 is 0.921 bits per heavy atom. The lowest BCUT2D eigenvalue weighted by atomic mass is 10.0. The van der Waals surface area contributed by atoms with Gasteiger partial charge in [0.15, 0.2) is 0 Å². The Kier molecular flexibility index (Phi) is 8.91. The molecular formula is C15H10F18N2OS2. The fraction of sp³-hybridized carbons (Fsp3) is 0.800. The lowest BCUT2D eigenvalue weighted by Crippen LogP contribution is -2.61. The number of aromatic nitrogens is 2. The number of thiol groups is 2. The summed E-state index contributed by atoms with van der Waals surface area (Å²) >= 11 is 6.83. The van der Waals surface area contributed by atoms with Crippen LogP contribution >= 0.6 is 25.3 Å². The van der Waals surface area contributed by atoms with Gasteiger partial charge < -0.3 is 0 Å². The molecule has 0 saturated heterocycles. The van der Waals surface area contributed by atoms with E-state index >= 15 is 0 Å². The molecule has 0 aliphatic rings. The van der Waals surface area contributed by atoms with Gasteiger partial charge in [0.05, 0.1) is 0 Å². The Morgan fingerprint density at radius 2 is 0.711 bits per heavy atom. The molecule has 0 aliphatic carbocycles. The minimum absolute atomic E-state index is 0.262. The highest BCUT2D eigenvalue weighted by molar-refractivity contribution is 7.83. The van der Waals surface area contributed by atoms with E-state index in [0.717, 1.165) is 0 Å². The van der Waals surface area contributed by atoms with Crippen LogP contribution in [0.3, 0.4) is 0 Å². The Morgan fingerprint density at radius 1 is 0.474 bits per heavy atom. The average molecular weight is 640 g/mol. The summed E-state index contributed by atoms with van der Waals surface area (Å²) in [6, 6.07) is 0. The summed E-state index contributed by atoms with van der Waals surface area (Å²) in [5.74, 6) is -41.2. The molecule has 0 unspecified atom stereocenters. The van der Waals surface area contributed by atoms with Crippen molar-refractivity contribution in [2.45, 2.75) is 83.9 Å². The lowest BCUT2D eigenvalue weighted by molar-refractivity contribution is -0.397. The van der Waals surface area contributed by atoms with Gasteiger partial charge in [0.2, 0.25) is 0 Å². The van der Waals surface area contributed by atoms with Crippen LogP contribution < -0.4 is 5.69 Å². The van der Waals surface area contributed by atoms with Crippen LogP contribution in [0.5, 0.6) is 0 Å². The summed E-state index contributed by atoms with van der Waals surface area (Å²) in [6.07, 6.45) is -19.7. The SMILES string of the molecule is O=c1n(CCC(F)(F)C(F)(F)C(F)(F)C(F)(F)F)c(S)c(S)n1CCC(F)(F)C(F)(F)C(F)(F)C(F)(F)F. The molecule has 1 aromatic heterocycles. The van der Waals surface area contributed by atoms with Gasteiger partial charge in [-0.2, -0.15) is 79.0 Å². The van der Waals surface area contributed by atoms with Crippen molar-refractivity contribution < 1.29 is 79.0 Å². The van der Waals surface area contributed by atoms with Crippen LogP contribution in [0.25, 0.3) is 0 Å². The molecule has 0 amide bonds. The Bertz CT molecular complexity index is 987. The Balaban J connectivity index is 3.27. The molecule has 0 radical (unpaired) electrons. The standard InChI is InChI=1S/C15H10F18N2OS2/c16-8(17,10(20,21)12(24,25)14(28,29)30)1-3-34-5(37)6(38)35(7(34)36)4-2-9(18,19)11(22,23)13(26,27)15(31,32)33/h37-38H,1-4H2. The quantitative estimate of drug-likeness (QED) is 0.211. The number of halogens is 18. The maximum absolute atomic E-state index is 13.7. The van der Waals surface area contributed by atoms with Gasteiger partial charge in [-0.1, -0.05) is 0 Å². The third-order valence-corrected chi connectivity index (χ3v) is 5.97. The first-order valence-corrected chi connectivity index (χ1v) is 9.93. The normalized spacial score (nSPS) is 15.4. The van der Waals surface area contributed by atoms with Crippen molar-refractivity contribution in [1.82, 2.24) is 9.13 Å². The van der Waals surface area contributed by atoms with E-state index in [-0.39, 0.29) is 9.13 Å². The van der Waals surface area contributed by atoms with Gasteiger partial charge >= 0.3 is 53.6 Å². The predicted octanol–water partition coefficient (Wildman–Crippen LogP) is 6.94. The van der Waals surface area contributed by atoms with E-state index in [1.165, 1.54) is 0 Å². The van der Waals surface area contributed by atoms with Gasteiger partial charge in [0.1, 0.15) is 10.1 Å². The minimum atomic E-state index is -7.28. The first-order chi connectivity index (χ1) is 16.4. The zero-order valence-electron chi connectivity index (χ0n) is 17.3. The largest absolute Gasteiger partial charge is 0.460 e. The highest BCUT2D eigenvalue weighted by atomic mass is 32.1. The molecule has 0 fully saturated rings. The predicted molar refractivity (Wildman–Crippen MR) is 94.2 cm³/mol. The number of imidazole rings is 1. The van der Waals surface area contributed by atoms with Crippen molar-refractivity contribution in [3.8, 4) is 0 Å². The van der Waals surface area contributed by atoms with Crippen LogP contribution in [-0.4, -0.2) is 57.0 Å². The van der Waals surface area contributed by atoms with Crippen LogP contribution in [-0.2, 0) is 13.1 Å². The van der Waals surface area contributed by atoms with Crippen molar-refractivity contribution in [1.29, 1.82) is 0 Å². The molecule has 38 heavy (non-hydrogen) atoms. The van der Waals surface area contributed by atoms with Crippen molar-refractivity contribution in [3.05, 3.63) is 10.5 Å². The van der Waals surface area contributed by atoms with Crippen molar-refractivity contribution in [3.63, 3.8) is 0 Å². The number of nitrogens with zero attached hydrogens (tertiary/aromatic N) is 2. The van der Waals surface area contributed by atoms with E-state index in [1.807, 2.05) is 0 Å². The van der Waals surface area contributed by atoms with Crippen molar-refractivity contribution >= 4 is 25.3 Å². The average Bonchev–Trinajstić information content (AvgIpc) is 2.90. The van der Waals surface area contributed by atoms with Crippen LogP contribution in [0.15, 0.2) is 14.8 Å². The third kappa shape index (κ3) is 5.40. The second-order valence-electron chi connectivity index (χ2n) is 7.44. The maximum Gasteiger partial charge on any atom is 0.460 e. The van der Waals surface area contributed by atoms with Crippen LogP contribution in [0.4, 0.5) is 79.0 Å². The monoisotopic (exact) mass is 640 g/mol. The second-order valence-corrected chi connectivity index (χ2v) is 8.28. The summed E-state index contributed by atoms with van der Waals surface area (Å²) in [5.41, 5.74) is -1.97. The Hall–Kier alpha value is -1.55. The number of hydrogen-bond donors (Lipinski definition) is 2. The number of rotatable bonds is 10.